The Morgan fingerprint density at radius 3 is 2.75 bits per heavy atom. The predicted octanol–water partition coefficient (Wildman–Crippen LogP) is 2.50. The number of rotatable bonds is 6. The zero-order valence-electron chi connectivity index (χ0n) is 9.95. The predicted molar refractivity (Wildman–Crippen MR) is 65.8 cm³/mol. The minimum atomic E-state index is 0.436. The maximum Gasteiger partial charge on any atom is 0.166 e. The Morgan fingerprint density at radius 1 is 1.44 bits per heavy atom. The van der Waals surface area contributed by atoms with Crippen LogP contribution in [0.2, 0.25) is 0 Å². The molecule has 0 atom stereocenters. The number of hydrogen-bond donors (Lipinski definition) is 1. The fourth-order valence-corrected chi connectivity index (χ4v) is 1.32. The van der Waals surface area contributed by atoms with Gasteiger partial charge in [0.05, 0.1) is 7.11 Å². The summed E-state index contributed by atoms with van der Waals surface area (Å²) < 4.78 is 10.9. The van der Waals surface area contributed by atoms with Crippen LogP contribution in [0.5, 0.6) is 11.5 Å². The number of nitrogens with two attached hydrogens (primary N) is 1. The molecule has 0 aliphatic carbocycles. The third kappa shape index (κ3) is 3.00. The van der Waals surface area contributed by atoms with Crippen molar-refractivity contribution in [1.82, 2.24) is 0 Å². The molecule has 3 heteroatoms. The number of ether oxygens (including phenoxy) is 2. The average molecular weight is 221 g/mol. The number of para-hydroxylation sites is 1. The largest absolute Gasteiger partial charge is 0.493 e. The molecular formula is C13H19NO2. The quantitative estimate of drug-likeness (QED) is 0.751. The third-order valence-electron chi connectivity index (χ3n) is 2.42. The molecule has 1 aromatic carbocycles. The van der Waals surface area contributed by atoms with E-state index in [2.05, 4.69) is 13.5 Å². The highest BCUT2D eigenvalue weighted by Crippen LogP contribution is 2.31. The molecule has 0 aromatic heterocycles. The summed E-state index contributed by atoms with van der Waals surface area (Å²) in [4.78, 5) is 0. The summed E-state index contributed by atoms with van der Waals surface area (Å²) in [5.41, 5.74) is 7.65. The van der Waals surface area contributed by atoms with E-state index in [1.165, 1.54) is 0 Å². The van der Waals surface area contributed by atoms with Crippen LogP contribution in [-0.2, 0) is 6.54 Å². The van der Waals surface area contributed by atoms with E-state index in [9.17, 15) is 0 Å². The maximum atomic E-state index is 5.70. The first-order valence-electron chi connectivity index (χ1n) is 5.38. The molecule has 0 fully saturated rings. The van der Waals surface area contributed by atoms with Gasteiger partial charge in [0.2, 0.25) is 0 Å². The Hall–Kier alpha value is -1.48. The van der Waals surface area contributed by atoms with Gasteiger partial charge in [-0.25, -0.2) is 0 Å². The van der Waals surface area contributed by atoms with Crippen LogP contribution in [-0.4, -0.2) is 13.7 Å². The van der Waals surface area contributed by atoms with Gasteiger partial charge in [-0.2, -0.15) is 0 Å². The van der Waals surface area contributed by atoms with Crippen LogP contribution in [0, 0.1) is 0 Å². The first-order chi connectivity index (χ1) is 7.72. The number of benzene rings is 1. The Balaban J connectivity index is 2.86. The van der Waals surface area contributed by atoms with E-state index < -0.39 is 0 Å². The van der Waals surface area contributed by atoms with E-state index in [1.54, 1.807) is 7.11 Å². The highest BCUT2D eigenvalue weighted by Gasteiger charge is 2.09. The molecule has 0 aliphatic heterocycles. The summed E-state index contributed by atoms with van der Waals surface area (Å²) >= 11 is 0. The third-order valence-corrected chi connectivity index (χ3v) is 2.42. The van der Waals surface area contributed by atoms with Crippen molar-refractivity contribution >= 4 is 0 Å². The van der Waals surface area contributed by atoms with Crippen LogP contribution < -0.4 is 15.2 Å². The lowest BCUT2D eigenvalue weighted by Crippen LogP contribution is -2.06. The van der Waals surface area contributed by atoms with E-state index in [0.717, 1.165) is 23.3 Å². The lowest BCUT2D eigenvalue weighted by molar-refractivity contribution is 0.314. The Morgan fingerprint density at radius 2 is 2.19 bits per heavy atom. The van der Waals surface area contributed by atoms with Gasteiger partial charge in [-0.3, -0.25) is 0 Å². The van der Waals surface area contributed by atoms with Crippen molar-refractivity contribution < 1.29 is 9.47 Å². The summed E-state index contributed by atoms with van der Waals surface area (Å²) in [6, 6.07) is 5.71. The fraction of sp³-hybridized carbons (Fsp3) is 0.385. The van der Waals surface area contributed by atoms with Crippen molar-refractivity contribution in [3.63, 3.8) is 0 Å². The molecule has 0 heterocycles. The molecule has 1 rings (SSSR count). The minimum absolute atomic E-state index is 0.436. The van der Waals surface area contributed by atoms with Crippen LogP contribution in [0.3, 0.4) is 0 Å². The van der Waals surface area contributed by atoms with E-state index in [-0.39, 0.29) is 0 Å². The zero-order valence-corrected chi connectivity index (χ0v) is 9.95. The molecule has 16 heavy (non-hydrogen) atoms. The van der Waals surface area contributed by atoms with Crippen molar-refractivity contribution in [3.8, 4) is 11.5 Å². The Kier molecular flexibility index (Phi) is 4.86. The topological polar surface area (TPSA) is 44.5 Å². The molecule has 88 valence electrons. The van der Waals surface area contributed by atoms with Crippen LogP contribution in [0.1, 0.15) is 18.9 Å². The van der Waals surface area contributed by atoms with Gasteiger partial charge in [-0.1, -0.05) is 25.6 Å². The second-order valence-corrected chi connectivity index (χ2v) is 3.54. The van der Waals surface area contributed by atoms with Gasteiger partial charge in [0.15, 0.2) is 11.5 Å². The lowest BCUT2D eigenvalue weighted by atomic mass is 10.2. The molecule has 0 radical (unpaired) electrons. The summed E-state index contributed by atoms with van der Waals surface area (Å²) in [5, 5.41) is 0. The molecule has 0 unspecified atom stereocenters. The first kappa shape index (κ1) is 12.6. The van der Waals surface area contributed by atoms with Gasteiger partial charge in [0.1, 0.15) is 6.61 Å². The number of methoxy groups -OCH3 is 1. The summed E-state index contributed by atoms with van der Waals surface area (Å²) in [6.45, 7) is 6.90. The lowest BCUT2D eigenvalue weighted by Gasteiger charge is -2.14. The standard InChI is InChI=1S/C13H19NO2/c1-4-10(2)9-16-13-11(8-14)6-5-7-12(13)15-3/h5-7H,2,4,8-9,14H2,1,3H3. The minimum Gasteiger partial charge on any atom is -0.493 e. The van der Waals surface area contributed by atoms with Crippen LogP contribution in [0.25, 0.3) is 0 Å². The van der Waals surface area contributed by atoms with Gasteiger partial charge in [0, 0.05) is 12.1 Å². The van der Waals surface area contributed by atoms with Crippen molar-refractivity contribution in [1.29, 1.82) is 0 Å². The van der Waals surface area contributed by atoms with E-state index >= 15 is 0 Å². The smallest absolute Gasteiger partial charge is 0.166 e. The summed E-state index contributed by atoms with van der Waals surface area (Å²) in [7, 11) is 1.62. The normalized spacial score (nSPS) is 9.94. The molecule has 0 amide bonds. The molecular weight excluding hydrogens is 202 g/mol. The Bertz CT molecular complexity index is 339. The van der Waals surface area contributed by atoms with Crippen LogP contribution >= 0.6 is 0 Å². The first-order valence-corrected chi connectivity index (χ1v) is 5.38. The molecule has 2 N–H and O–H groups in total. The van der Waals surface area contributed by atoms with Crippen molar-refractivity contribution in [3.05, 3.63) is 35.9 Å². The van der Waals surface area contributed by atoms with E-state index in [1.807, 2.05) is 18.2 Å². The molecule has 0 saturated carbocycles. The van der Waals surface area contributed by atoms with Gasteiger partial charge < -0.3 is 15.2 Å². The molecule has 0 spiro atoms. The Labute approximate surface area is 96.9 Å². The average Bonchev–Trinajstić information content (AvgIpc) is 2.35. The monoisotopic (exact) mass is 221 g/mol. The highest BCUT2D eigenvalue weighted by atomic mass is 16.5. The molecule has 3 nitrogen and oxygen atoms in total. The second kappa shape index (κ2) is 6.18. The zero-order chi connectivity index (χ0) is 12.0. The molecule has 1 aromatic rings. The molecule has 0 bridgehead atoms. The van der Waals surface area contributed by atoms with Crippen LogP contribution in [0.15, 0.2) is 30.4 Å². The SMILES string of the molecule is C=C(CC)COc1c(CN)cccc1OC. The van der Waals surface area contributed by atoms with Crippen molar-refractivity contribution in [2.24, 2.45) is 5.73 Å². The summed E-state index contributed by atoms with van der Waals surface area (Å²) in [6.07, 6.45) is 0.910. The fourth-order valence-electron chi connectivity index (χ4n) is 1.32. The van der Waals surface area contributed by atoms with Gasteiger partial charge in [-0.05, 0) is 18.1 Å². The molecule has 0 aliphatic rings. The van der Waals surface area contributed by atoms with E-state index in [4.69, 9.17) is 15.2 Å². The van der Waals surface area contributed by atoms with Crippen LogP contribution in [0.4, 0.5) is 0 Å². The van der Waals surface area contributed by atoms with Crippen molar-refractivity contribution in [2.45, 2.75) is 19.9 Å². The van der Waals surface area contributed by atoms with Crippen molar-refractivity contribution in [2.75, 3.05) is 13.7 Å². The van der Waals surface area contributed by atoms with Gasteiger partial charge in [0.25, 0.3) is 0 Å². The maximum absolute atomic E-state index is 5.70. The van der Waals surface area contributed by atoms with Gasteiger partial charge in [-0.15, -0.1) is 0 Å². The number of hydrogen-bond acceptors (Lipinski definition) is 3. The molecule has 0 saturated heterocycles. The van der Waals surface area contributed by atoms with E-state index in [0.29, 0.717) is 18.9 Å². The highest BCUT2D eigenvalue weighted by molar-refractivity contribution is 5.46. The second-order valence-electron chi connectivity index (χ2n) is 3.54. The van der Waals surface area contributed by atoms with Gasteiger partial charge >= 0.3 is 0 Å². The summed E-state index contributed by atoms with van der Waals surface area (Å²) in [5.74, 6) is 1.44.